The summed E-state index contributed by atoms with van der Waals surface area (Å²) in [4.78, 5) is 11.6. The summed E-state index contributed by atoms with van der Waals surface area (Å²) in [5.41, 5.74) is 5.13. The second-order valence-electron chi connectivity index (χ2n) is 7.13. The van der Waals surface area contributed by atoms with Crippen LogP contribution < -0.4 is 4.74 Å². The number of esters is 1. The van der Waals surface area contributed by atoms with Gasteiger partial charge in [-0.15, -0.1) is 0 Å². The van der Waals surface area contributed by atoms with Gasteiger partial charge in [0, 0.05) is 17.7 Å². The second kappa shape index (κ2) is 7.39. The van der Waals surface area contributed by atoms with Crippen molar-refractivity contribution >= 4 is 23.4 Å². The van der Waals surface area contributed by atoms with Crippen LogP contribution in [0.4, 0.5) is 5.69 Å². The molecule has 0 bridgehead atoms. The van der Waals surface area contributed by atoms with Crippen molar-refractivity contribution in [3.8, 4) is 5.75 Å². The van der Waals surface area contributed by atoms with E-state index in [4.69, 9.17) is 9.47 Å². The molecule has 0 atom stereocenters. The number of benzene rings is 2. The number of nitrogens with zero attached hydrogens (tertiary/aromatic N) is 1. The maximum atomic E-state index is 11.6. The highest BCUT2D eigenvalue weighted by molar-refractivity contribution is 6.05. The van der Waals surface area contributed by atoms with Crippen molar-refractivity contribution in [3.05, 3.63) is 65.2 Å². The molecule has 0 saturated carbocycles. The molecule has 3 rings (SSSR count). The zero-order valence-corrected chi connectivity index (χ0v) is 16.6. The molecule has 0 radical (unpaired) electrons. The molecule has 0 saturated heterocycles. The largest absolute Gasteiger partial charge is 0.494 e. The smallest absolute Gasteiger partial charge is 0.337 e. The average Bonchev–Trinajstić information content (AvgIpc) is 2.86. The molecule has 0 N–H and O–H groups in total. The van der Waals surface area contributed by atoms with Gasteiger partial charge < -0.3 is 9.47 Å². The highest BCUT2D eigenvalue weighted by Gasteiger charge is 2.43. The lowest BCUT2D eigenvalue weighted by Crippen LogP contribution is -2.26. The van der Waals surface area contributed by atoms with Crippen molar-refractivity contribution in [3.63, 3.8) is 0 Å². The number of hydrogen-bond acceptors (Lipinski definition) is 3. The highest BCUT2D eigenvalue weighted by Crippen LogP contribution is 2.41. The lowest BCUT2D eigenvalue weighted by Gasteiger charge is -2.16. The molecule has 2 aromatic rings. The summed E-state index contributed by atoms with van der Waals surface area (Å²) in [7, 11) is 3.48. The first-order valence-electron chi connectivity index (χ1n) is 9.13. The van der Waals surface area contributed by atoms with E-state index in [2.05, 4.69) is 49.8 Å². The van der Waals surface area contributed by atoms with Gasteiger partial charge in [-0.3, -0.25) is 0 Å². The molecule has 1 aliphatic heterocycles. The minimum Gasteiger partial charge on any atom is -0.494 e. The van der Waals surface area contributed by atoms with Crippen LogP contribution in [-0.4, -0.2) is 37.0 Å². The van der Waals surface area contributed by atoms with E-state index in [0.717, 1.165) is 11.3 Å². The molecule has 1 aliphatic rings. The number of allylic oxidation sites excluding steroid dienone is 1. The van der Waals surface area contributed by atoms with Crippen molar-refractivity contribution in [2.24, 2.45) is 0 Å². The Hall–Kier alpha value is -2.88. The fraction of sp³-hybridized carbons (Fsp3) is 0.304. The van der Waals surface area contributed by atoms with Crippen LogP contribution in [0, 0.1) is 0 Å². The summed E-state index contributed by atoms with van der Waals surface area (Å²) in [5.74, 6) is 0.582. The number of methoxy groups -OCH3 is 1. The molecule has 1 heterocycles. The summed E-state index contributed by atoms with van der Waals surface area (Å²) >= 11 is 0. The van der Waals surface area contributed by atoms with Crippen LogP contribution in [0.15, 0.2) is 48.5 Å². The molecule has 140 valence electrons. The van der Waals surface area contributed by atoms with E-state index in [0.29, 0.717) is 12.2 Å². The number of ether oxygens (including phenoxy) is 2. The third kappa shape index (κ3) is 3.52. The molecule has 0 aromatic heterocycles. The number of fused-ring (bicyclic) bond motifs is 1. The van der Waals surface area contributed by atoms with Gasteiger partial charge in [0.1, 0.15) is 12.8 Å². The Labute approximate surface area is 160 Å². The van der Waals surface area contributed by atoms with Gasteiger partial charge in [0.25, 0.3) is 0 Å². The maximum absolute atomic E-state index is 11.6. The van der Waals surface area contributed by atoms with E-state index >= 15 is 0 Å². The zero-order valence-electron chi connectivity index (χ0n) is 16.6. The third-order valence-electron chi connectivity index (χ3n) is 5.08. The van der Waals surface area contributed by atoms with Crippen LogP contribution in [0.2, 0.25) is 0 Å². The normalized spacial score (nSPS) is 15.1. The van der Waals surface area contributed by atoms with E-state index in [1.54, 1.807) is 12.1 Å². The summed E-state index contributed by atoms with van der Waals surface area (Å²) in [6, 6.07) is 13.7. The Bertz CT molecular complexity index is 921. The van der Waals surface area contributed by atoms with E-state index in [-0.39, 0.29) is 11.4 Å². The van der Waals surface area contributed by atoms with Crippen LogP contribution in [-0.2, 0) is 10.2 Å². The summed E-state index contributed by atoms with van der Waals surface area (Å²) < 4.78 is 12.7. The van der Waals surface area contributed by atoms with Crippen molar-refractivity contribution < 1.29 is 18.8 Å². The van der Waals surface area contributed by atoms with Gasteiger partial charge in [-0.1, -0.05) is 12.1 Å². The molecule has 4 heteroatoms. The first kappa shape index (κ1) is 18.9. The van der Waals surface area contributed by atoms with Gasteiger partial charge in [-0.2, -0.15) is 4.58 Å². The van der Waals surface area contributed by atoms with E-state index in [1.807, 2.05) is 25.1 Å². The van der Waals surface area contributed by atoms with Gasteiger partial charge in [0.15, 0.2) is 5.71 Å². The molecular formula is C23H26NO3+. The minimum absolute atomic E-state index is 0.125. The number of hydrogen-bond donors (Lipinski definition) is 0. The molecule has 4 nitrogen and oxygen atoms in total. The van der Waals surface area contributed by atoms with E-state index in [1.165, 1.54) is 24.1 Å². The second-order valence-corrected chi connectivity index (χ2v) is 7.13. The topological polar surface area (TPSA) is 38.5 Å². The van der Waals surface area contributed by atoms with Crippen LogP contribution in [0.5, 0.6) is 5.75 Å². The molecule has 27 heavy (non-hydrogen) atoms. The van der Waals surface area contributed by atoms with Crippen molar-refractivity contribution in [1.29, 1.82) is 0 Å². The molecule has 2 aromatic carbocycles. The van der Waals surface area contributed by atoms with E-state index < -0.39 is 0 Å². The Morgan fingerprint density at radius 1 is 1.11 bits per heavy atom. The number of rotatable bonds is 5. The van der Waals surface area contributed by atoms with Gasteiger partial charge in [0.2, 0.25) is 5.69 Å². The Kier molecular flexibility index (Phi) is 5.17. The van der Waals surface area contributed by atoms with Crippen LogP contribution in [0.25, 0.3) is 6.08 Å². The summed E-state index contributed by atoms with van der Waals surface area (Å²) in [6.07, 6.45) is 4.22. The molecule has 0 spiro atoms. The Balaban J connectivity index is 1.89. The summed E-state index contributed by atoms with van der Waals surface area (Å²) in [5, 5.41) is 0. The molecular weight excluding hydrogens is 338 g/mol. The first-order valence-corrected chi connectivity index (χ1v) is 9.13. The highest BCUT2D eigenvalue weighted by atomic mass is 16.5. The lowest BCUT2D eigenvalue weighted by molar-refractivity contribution is -0.401. The molecule has 0 aliphatic carbocycles. The predicted molar refractivity (Wildman–Crippen MR) is 108 cm³/mol. The monoisotopic (exact) mass is 364 g/mol. The third-order valence-corrected chi connectivity index (χ3v) is 5.08. The summed E-state index contributed by atoms with van der Waals surface area (Å²) in [6.45, 7) is 7.11. The van der Waals surface area contributed by atoms with Crippen LogP contribution in [0.3, 0.4) is 0 Å². The lowest BCUT2D eigenvalue weighted by atomic mass is 9.81. The van der Waals surface area contributed by atoms with E-state index in [9.17, 15) is 4.79 Å². The van der Waals surface area contributed by atoms with Gasteiger partial charge in [-0.25, -0.2) is 4.79 Å². The number of carbonyl (C=O) groups excluding carboxylic acids is 1. The quantitative estimate of drug-likeness (QED) is 0.575. The molecule has 0 amide bonds. The van der Waals surface area contributed by atoms with Crippen LogP contribution in [0.1, 0.15) is 42.3 Å². The first-order chi connectivity index (χ1) is 12.9. The zero-order chi connectivity index (χ0) is 19.6. The maximum Gasteiger partial charge on any atom is 0.337 e. The molecule has 0 fully saturated rings. The Morgan fingerprint density at radius 2 is 1.81 bits per heavy atom. The van der Waals surface area contributed by atoms with Crippen LogP contribution >= 0.6 is 0 Å². The van der Waals surface area contributed by atoms with Crippen molar-refractivity contribution in [2.45, 2.75) is 26.2 Å². The molecule has 0 unspecified atom stereocenters. The number of carbonyl (C=O) groups is 1. The minimum atomic E-state index is -0.322. The standard InChI is InChI=1S/C23H26NO3/c1-6-27-18-12-13-20-19(15-18)23(2,3)21(24(20)4)14-9-16-7-10-17(11-8-16)22(25)26-5/h7-15H,6H2,1-5H3/q+1/b14-9+. The van der Waals surface area contributed by atoms with Crippen molar-refractivity contribution in [1.82, 2.24) is 0 Å². The van der Waals surface area contributed by atoms with Gasteiger partial charge in [-0.05, 0) is 56.7 Å². The predicted octanol–water partition coefficient (Wildman–Crippen LogP) is 4.59. The Morgan fingerprint density at radius 3 is 2.44 bits per heavy atom. The fourth-order valence-electron chi connectivity index (χ4n) is 3.60. The van der Waals surface area contributed by atoms with Crippen molar-refractivity contribution in [2.75, 3.05) is 20.8 Å². The van der Waals surface area contributed by atoms with Gasteiger partial charge >= 0.3 is 5.97 Å². The SMILES string of the molecule is CCOc1ccc2c(c1)C(C)(C)C(/C=C/c1ccc(C(=O)OC)cc1)=[N+]2C. The average molecular weight is 364 g/mol. The van der Waals surface area contributed by atoms with Gasteiger partial charge in [0.05, 0.1) is 24.7 Å². The fourth-order valence-corrected chi connectivity index (χ4v) is 3.60.